The van der Waals surface area contributed by atoms with E-state index >= 15 is 0 Å². The molecule has 18 heavy (non-hydrogen) atoms. The molecule has 5 nitrogen and oxygen atoms in total. The van der Waals surface area contributed by atoms with Gasteiger partial charge in [0.05, 0.1) is 19.8 Å². The monoisotopic (exact) mass is 251 g/mol. The van der Waals surface area contributed by atoms with Crippen LogP contribution in [0, 0.1) is 0 Å². The zero-order valence-electron chi connectivity index (χ0n) is 10.4. The van der Waals surface area contributed by atoms with Crippen LogP contribution in [0.15, 0.2) is 30.3 Å². The van der Waals surface area contributed by atoms with Gasteiger partial charge in [0.1, 0.15) is 6.04 Å². The third-order valence-electron chi connectivity index (χ3n) is 2.52. The van der Waals surface area contributed by atoms with E-state index in [1.165, 1.54) is 14.0 Å². The van der Waals surface area contributed by atoms with Crippen molar-refractivity contribution in [2.75, 3.05) is 13.7 Å². The fourth-order valence-electron chi connectivity index (χ4n) is 1.51. The van der Waals surface area contributed by atoms with Gasteiger partial charge in [-0.2, -0.15) is 0 Å². The van der Waals surface area contributed by atoms with Crippen LogP contribution in [-0.2, 0) is 9.53 Å². The van der Waals surface area contributed by atoms with Crippen molar-refractivity contribution in [1.29, 1.82) is 0 Å². The van der Waals surface area contributed by atoms with E-state index in [0.29, 0.717) is 5.56 Å². The lowest BCUT2D eigenvalue weighted by atomic mass is 10.1. The molecule has 0 amide bonds. The molecular weight excluding hydrogens is 234 g/mol. The summed E-state index contributed by atoms with van der Waals surface area (Å²) in [6, 6.07) is 7.83. The SMILES string of the molecule is COC(=O)[C@@H](NCC(=O)c1ccccc1)[C@@H](C)O. The summed E-state index contributed by atoms with van der Waals surface area (Å²) in [5.41, 5.74) is 0.555. The highest BCUT2D eigenvalue weighted by Crippen LogP contribution is 2.01. The highest BCUT2D eigenvalue weighted by Gasteiger charge is 2.24. The van der Waals surface area contributed by atoms with Gasteiger partial charge < -0.3 is 9.84 Å². The molecule has 1 aromatic rings. The molecule has 0 saturated carbocycles. The van der Waals surface area contributed by atoms with Crippen molar-refractivity contribution >= 4 is 11.8 Å². The van der Waals surface area contributed by atoms with Crippen LogP contribution in [0.25, 0.3) is 0 Å². The quantitative estimate of drug-likeness (QED) is 0.565. The Bertz CT molecular complexity index is 403. The van der Waals surface area contributed by atoms with Gasteiger partial charge in [-0.1, -0.05) is 30.3 Å². The Balaban J connectivity index is 2.58. The first-order valence-corrected chi connectivity index (χ1v) is 5.63. The molecule has 0 heterocycles. The van der Waals surface area contributed by atoms with Crippen molar-refractivity contribution in [2.45, 2.75) is 19.1 Å². The normalized spacial score (nSPS) is 13.7. The van der Waals surface area contributed by atoms with E-state index in [-0.39, 0.29) is 12.3 Å². The zero-order chi connectivity index (χ0) is 13.5. The standard InChI is InChI=1S/C13H17NO4/c1-9(15)12(13(17)18-2)14-8-11(16)10-6-4-3-5-7-10/h3-7,9,12,14-15H,8H2,1-2H3/t9-,12+/m1/s1. The minimum atomic E-state index is -0.930. The number of esters is 1. The highest BCUT2D eigenvalue weighted by atomic mass is 16.5. The maximum absolute atomic E-state index is 11.8. The zero-order valence-corrected chi connectivity index (χ0v) is 10.4. The van der Waals surface area contributed by atoms with Crippen molar-refractivity contribution in [1.82, 2.24) is 5.32 Å². The van der Waals surface area contributed by atoms with Crippen LogP contribution < -0.4 is 5.32 Å². The largest absolute Gasteiger partial charge is 0.468 e. The number of aliphatic hydroxyl groups is 1. The summed E-state index contributed by atoms with van der Waals surface area (Å²) in [5, 5.41) is 12.1. The molecule has 0 aliphatic rings. The molecule has 2 atom stereocenters. The molecule has 0 bridgehead atoms. The third kappa shape index (κ3) is 3.94. The minimum absolute atomic E-state index is 0.0331. The first-order chi connectivity index (χ1) is 8.56. The average Bonchev–Trinajstić information content (AvgIpc) is 2.39. The van der Waals surface area contributed by atoms with Gasteiger partial charge in [-0.15, -0.1) is 0 Å². The average molecular weight is 251 g/mol. The summed E-state index contributed by atoms with van der Waals surface area (Å²) in [6.45, 7) is 1.43. The summed E-state index contributed by atoms with van der Waals surface area (Å²) in [4.78, 5) is 23.1. The number of ketones is 1. The molecule has 5 heteroatoms. The van der Waals surface area contributed by atoms with E-state index in [9.17, 15) is 14.7 Å². The van der Waals surface area contributed by atoms with Gasteiger partial charge in [0.2, 0.25) is 0 Å². The number of carbonyl (C=O) groups excluding carboxylic acids is 2. The second-order valence-electron chi connectivity index (χ2n) is 3.91. The summed E-state index contributed by atoms with van der Waals surface area (Å²) >= 11 is 0. The Morgan fingerprint density at radius 1 is 1.33 bits per heavy atom. The van der Waals surface area contributed by atoms with Gasteiger partial charge >= 0.3 is 5.97 Å². The van der Waals surface area contributed by atoms with Crippen LogP contribution in [0.1, 0.15) is 17.3 Å². The number of ether oxygens (including phenoxy) is 1. The van der Waals surface area contributed by atoms with Gasteiger partial charge in [0.25, 0.3) is 0 Å². The molecule has 2 N–H and O–H groups in total. The molecule has 0 aliphatic carbocycles. The maximum atomic E-state index is 11.8. The van der Waals surface area contributed by atoms with Gasteiger partial charge in [-0.25, -0.2) is 0 Å². The lowest BCUT2D eigenvalue weighted by Gasteiger charge is -2.18. The second kappa shape index (κ2) is 6.88. The van der Waals surface area contributed by atoms with Gasteiger partial charge in [0.15, 0.2) is 5.78 Å². The van der Waals surface area contributed by atoms with E-state index in [2.05, 4.69) is 10.1 Å². The summed E-state index contributed by atoms with van der Waals surface area (Å²) in [7, 11) is 1.23. The van der Waals surface area contributed by atoms with Gasteiger partial charge in [-0.05, 0) is 6.92 Å². The van der Waals surface area contributed by atoms with Crippen molar-refractivity contribution < 1.29 is 19.4 Å². The number of nitrogens with one attached hydrogen (secondary N) is 1. The molecule has 98 valence electrons. The van der Waals surface area contributed by atoms with Crippen LogP contribution in [0.5, 0.6) is 0 Å². The van der Waals surface area contributed by atoms with Crippen LogP contribution in [0.3, 0.4) is 0 Å². The number of Topliss-reactive ketones (excluding diaryl/α,β-unsaturated/α-hetero) is 1. The second-order valence-corrected chi connectivity index (χ2v) is 3.91. The van der Waals surface area contributed by atoms with E-state index in [0.717, 1.165) is 0 Å². The lowest BCUT2D eigenvalue weighted by Crippen LogP contribution is -2.47. The van der Waals surface area contributed by atoms with Crippen LogP contribution in [0.4, 0.5) is 0 Å². The smallest absolute Gasteiger partial charge is 0.325 e. The Labute approximate surface area is 106 Å². The van der Waals surface area contributed by atoms with Crippen molar-refractivity contribution in [3.05, 3.63) is 35.9 Å². The van der Waals surface area contributed by atoms with Gasteiger partial charge in [0, 0.05) is 5.56 Å². The molecular formula is C13H17NO4. The number of benzene rings is 1. The highest BCUT2D eigenvalue weighted by molar-refractivity contribution is 5.97. The summed E-state index contributed by atoms with van der Waals surface area (Å²) in [5.74, 6) is -0.740. The number of hydrogen-bond acceptors (Lipinski definition) is 5. The minimum Gasteiger partial charge on any atom is -0.468 e. The van der Waals surface area contributed by atoms with Crippen molar-refractivity contribution in [2.24, 2.45) is 0 Å². The fourth-order valence-corrected chi connectivity index (χ4v) is 1.51. The maximum Gasteiger partial charge on any atom is 0.325 e. The van der Waals surface area contributed by atoms with E-state index in [4.69, 9.17) is 0 Å². The molecule has 0 unspecified atom stereocenters. The van der Waals surface area contributed by atoms with Crippen molar-refractivity contribution in [3.63, 3.8) is 0 Å². The molecule has 0 radical (unpaired) electrons. The summed E-state index contributed by atoms with van der Waals surface area (Å²) < 4.78 is 4.54. The number of methoxy groups -OCH3 is 1. The Kier molecular flexibility index (Phi) is 5.48. The van der Waals surface area contributed by atoms with Crippen molar-refractivity contribution in [3.8, 4) is 0 Å². The van der Waals surface area contributed by atoms with Crippen LogP contribution in [0.2, 0.25) is 0 Å². The number of aliphatic hydroxyl groups excluding tert-OH is 1. The molecule has 0 aromatic heterocycles. The molecule has 0 spiro atoms. The van der Waals surface area contributed by atoms with Gasteiger partial charge in [-0.3, -0.25) is 14.9 Å². The predicted octanol–water partition coefficient (Wildman–Crippen LogP) is 0.381. The predicted molar refractivity (Wildman–Crippen MR) is 66.3 cm³/mol. The van der Waals surface area contributed by atoms with E-state index in [1.54, 1.807) is 24.3 Å². The first-order valence-electron chi connectivity index (χ1n) is 5.63. The molecule has 1 rings (SSSR count). The van der Waals surface area contributed by atoms with E-state index < -0.39 is 18.1 Å². The topological polar surface area (TPSA) is 75.6 Å². The molecule has 0 saturated heterocycles. The number of hydrogen-bond donors (Lipinski definition) is 2. The molecule has 0 aliphatic heterocycles. The van der Waals surface area contributed by atoms with Crippen LogP contribution >= 0.6 is 0 Å². The Morgan fingerprint density at radius 3 is 2.44 bits per heavy atom. The summed E-state index contributed by atoms with van der Waals surface area (Å²) in [6.07, 6.45) is -0.930. The van der Waals surface area contributed by atoms with E-state index in [1.807, 2.05) is 6.07 Å². The number of carbonyl (C=O) groups is 2. The lowest BCUT2D eigenvalue weighted by molar-refractivity contribution is -0.145. The molecule has 0 fully saturated rings. The fraction of sp³-hybridized carbons (Fsp3) is 0.385. The Hall–Kier alpha value is -1.72. The third-order valence-corrected chi connectivity index (χ3v) is 2.52. The van der Waals surface area contributed by atoms with Crippen LogP contribution in [-0.4, -0.2) is 42.7 Å². The number of rotatable bonds is 6. The first kappa shape index (κ1) is 14.3. The Morgan fingerprint density at radius 2 is 1.94 bits per heavy atom. The molecule has 1 aromatic carbocycles.